The van der Waals surface area contributed by atoms with Gasteiger partial charge in [0.2, 0.25) is 0 Å². The Morgan fingerprint density at radius 3 is 1.94 bits per heavy atom. The zero-order valence-corrected chi connectivity index (χ0v) is 17.8. The maximum absolute atomic E-state index is 15.3. The van der Waals surface area contributed by atoms with Gasteiger partial charge in [-0.1, -0.05) is 72.3 Å². The van der Waals surface area contributed by atoms with E-state index in [1.807, 2.05) is 49.4 Å². The van der Waals surface area contributed by atoms with E-state index in [-0.39, 0.29) is 11.1 Å². The third-order valence-electron chi connectivity index (χ3n) is 6.56. The highest BCUT2D eigenvalue weighted by molar-refractivity contribution is 5.75. The van der Waals surface area contributed by atoms with Gasteiger partial charge in [0.05, 0.1) is 5.56 Å². The van der Waals surface area contributed by atoms with Crippen LogP contribution in [0, 0.1) is 18.7 Å². The Kier molecular flexibility index (Phi) is 6.31. The lowest BCUT2D eigenvalue weighted by Gasteiger charge is -2.27. The molecule has 0 nitrogen and oxygen atoms in total. The minimum Gasteiger partial charge on any atom is -0.206 e. The lowest BCUT2D eigenvalue weighted by atomic mass is 9.78. The van der Waals surface area contributed by atoms with E-state index in [9.17, 15) is 8.78 Å². The fraction of sp³-hybridized carbons (Fsp3) is 0.286. The smallest absolute Gasteiger partial charge is 0.206 e. The topological polar surface area (TPSA) is 0 Å². The largest absolute Gasteiger partial charge is 0.267 e. The van der Waals surface area contributed by atoms with Gasteiger partial charge in [0.1, 0.15) is 5.82 Å². The van der Waals surface area contributed by atoms with Crippen molar-refractivity contribution in [2.24, 2.45) is 5.92 Å². The number of alkyl halides is 2. The zero-order chi connectivity index (χ0) is 22.0. The third-order valence-corrected chi connectivity index (χ3v) is 6.56. The van der Waals surface area contributed by atoms with E-state index in [0.29, 0.717) is 23.0 Å². The fourth-order valence-electron chi connectivity index (χ4n) is 4.64. The Morgan fingerprint density at radius 2 is 1.35 bits per heavy atom. The molecule has 0 aliphatic heterocycles. The molecule has 160 valence electrons. The predicted molar refractivity (Wildman–Crippen MR) is 122 cm³/mol. The number of hydrogen-bond donors (Lipinski definition) is 0. The average molecular weight is 421 g/mol. The van der Waals surface area contributed by atoms with Crippen molar-refractivity contribution in [3.05, 3.63) is 95.8 Å². The highest BCUT2D eigenvalue weighted by Gasteiger charge is 2.24. The van der Waals surface area contributed by atoms with Gasteiger partial charge in [-0.05, 0) is 66.7 Å². The van der Waals surface area contributed by atoms with E-state index in [1.165, 1.54) is 5.56 Å². The second kappa shape index (κ2) is 9.13. The monoisotopic (exact) mass is 420 g/mol. The van der Waals surface area contributed by atoms with Gasteiger partial charge in [-0.3, -0.25) is 0 Å². The van der Waals surface area contributed by atoms with Crippen molar-refractivity contribution in [3.8, 4) is 22.3 Å². The van der Waals surface area contributed by atoms with Crippen molar-refractivity contribution in [2.75, 3.05) is 0 Å². The first-order valence-corrected chi connectivity index (χ1v) is 10.9. The van der Waals surface area contributed by atoms with Crippen molar-refractivity contribution in [3.63, 3.8) is 0 Å². The molecule has 1 fully saturated rings. The number of allylic oxidation sites excluding steroid dienone is 1. The summed E-state index contributed by atoms with van der Waals surface area (Å²) in [5.74, 6) is 0.257. The van der Waals surface area contributed by atoms with Crippen molar-refractivity contribution in [1.29, 1.82) is 0 Å². The van der Waals surface area contributed by atoms with Crippen molar-refractivity contribution in [2.45, 2.75) is 45.0 Å². The highest BCUT2D eigenvalue weighted by atomic mass is 19.3. The molecule has 0 heterocycles. The van der Waals surface area contributed by atoms with Crippen molar-refractivity contribution < 1.29 is 13.2 Å². The van der Waals surface area contributed by atoms with Crippen LogP contribution in [0.4, 0.5) is 13.2 Å². The van der Waals surface area contributed by atoms with Crippen LogP contribution in [0.5, 0.6) is 0 Å². The Hall–Kier alpha value is -2.81. The molecule has 0 bridgehead atoms. The molecule has 0 aromatic heterocycles. The summed E-state index contributed by atoms with van der Waals surface area (Å²) in [7, 11) is 0. The van der Waals surface area contributed by atoms with E-state index in [2.05, 4.69) is 6.58 Å². The van der Waals surface area contributed by atoms with Gasteiger partial charge >= 0.3 is 0 Å². The summed E-state index contributed by atoms with van der Waals surface area (Å²) in [4.78, 5) is 0. The third kappa shape index (κ3) is 4.46. The normalized spacial score (nSPS) is 18.9. The van der Waals surface area contributed by atoms with Crippen LogP contribution in [0.3, 0.4) is 0 Å². The van der Waals surface area contributed by atoms with Gasteiger partial charge < -0.3 is 0 Å². The minimum absolute atomic E-state index is 0.216. The van der Waals surface area contributed by atoms with Gasteiger partial charge in [0, 0.05) is 5.56 Å². The van der Waals surface area contributed by atoms with Crippen LogP contribution in [0.15, 0.2) is 73.3 Å². The first-order chi connectivity index (χ1) is 15.0. The number of halogens is 3. The lowest BCUT2D eigenvalue weighted by molar-refractivity contribution is 0.147. The molecule has 1 saturated carbocycles. The van der Waals surface area contributed by atoms with Crippen LogP contribution in [-0.4, -0.2) is 0 Å². The molecule has 0 amide bonds. The van der Waals surface area contributed by atoms with Gasteiger partial charge in [-0.2, -0.15) is 0 Å². The van der Waals surface area contributed by atoms with Crippen LogP contribution < -0.4 is 0 Å². The summed E-state index contributed by atoms with van der Waals surface area (Å²) in [6, 6.07) is 18.2. The molecule has 31 heavy (non-hydrogen) atoms. The van der Waals surface area contributed by atoms with Gasteiger partial charge in [-0.15, -0.1) is 6.58 Å². The molecule has 1 aliphatic carbocycles. The maximum Gasteiger partial charge on any atom is 0.267 e. The van der Waals surface area contributed by atoms with Gasteiger partial charge in [-0.25, -0.2) is 13.2 Å². The molecular weight excluding hydrogens is 393 g/mol. The second-order valence-corrected chi connectivity index (χ2v) is 8.52. The van der Waals surface area contributed by atoms with Crippen molar-refractivity contribution in [1.82, 2.24) is 0 Å². The number of rotatable bonds is 5. The molecule has 0 saturated heterocycles. The summed E-state index contributed by atoms with van der Waals surface area (Å²) >= 11 is 0. The summed E-state index contributed by atoms with van der Waals surface area (Å²) in [6.45, 7) is 5.82. The number of aryl methyl sites for hydroxylation is 1. The summed E-state index contributed by atoms with van der Waals surface area (Å²) in [6.07, 6.45) is 3.67. The quantitative estimate of drug-likeness (QED) is 0.362. The first kappa shape index (κ1) is 21.4. The SMILES string of the molecule is C=CC1CCC(c2ccc(-c3ccc(-c4ccc(C)cc4)c(C(F)F)c3F)cc2)CC1. The predicted octanol–water partition coefficient (Wildman–Crippen LogP) is 8.87. The summed E-state index contributed by atoms with van der Waals surface area (Å²) in [5.41, 5.74) is 3.40. The molecule has 0 atom stereocenters. The van der Waals surface area contributed by atoms with Crippen LogP contribution in [0.25, 0.3) is 22.3 Å². The summed E-state index contributed by atoms with van der Waals surface area (Å²) < 4.78 is 43.0. The molecule has 3 aromatic rings. The molecule has 0 unspecified atom stereocenters. The lowest BCUT2D eigenvalue weighted by Crippen LogP contribution is -2.11. The van der Waals surface area contributed by atoms with E-state index < -0.39 is 17.8 Å². The standard InChI is InChI=1S/C28H27F3/c1-3-19-6-10-20(11-7-19)21-12-14-23(15-13-21)25-17-16-24(26(27(25)29)28(30)31)22-8-4-18(2)5-9-22/h3-5,8-9,12-17,19-20,28H,1,6-7,10-11H2,2H3. The van der Waals surface area contributed by atoms with Crippen LogP contribution >= 0.6 is 0 Å². The Labute approximate surface area is 182 Å². The Morgan fingerprint density at radius 1 is 0.806 bits per heavy atom. The number of hydrogen-bond acceptors (Lipinski definition) is 0. The van der Waals surface area contributed by atoms with Crippen LogP contribution in [0.1, 0.15) is 54.7 Å². The van der Waals surface area contributed by atoms with Gasteiger partial charge in [0.15, 0.2) is 0 Å². The van der Waals surface area contributed by atoms with E-state index in [1.54, 1.807) is 24.3 Å². The molecular formula is C28H27F3. The van der Waals surface area contributed by atoms with E-state index in [0.717, 1.165) is 31.2 Å². The van der Waals surface area contributed by atoms with E-state index in [4.69, 9.17) is 0 Å². The van der Waals surface area contributed by atoms with E-state index >= 15 is 4.39 Å². The van der Waals surface area contributed by atoms with Crippen molar-refractivity contribution >= 4 is 0 Å². The number of benzene rings is 3. The molecule has 1 aliphatic rings. The Bertz CT molecular complexity index is 1040. The molecule has 3 heteroatoms. The zero-order valence-electron chi connectivity index (χ0n) is 17.8. The average Bonchev–Trinajstić information content (AvgIpc) is 2.79. The molecule has 3 aromatic carbocycles. The van der Waals surface area contributed by atoms with Crippen LogP contribution in [0.2, 0.25) is 0 Å². The first-order valence-electron chi connectivity index (χ1n) is 10.9. The van der Waals surface area contributed by atoms with Gasteiger partial charge in [0.25, 0.3) is 6.43 Å². The second-order valence-electron chi connectivity index (χ2n) is 8.52. The molecule has 0 radical (unpaired) electrons. The maximum atomic E-state index is 15.3. The fourth-order valence-corrected chi connectivity index (χ4v) is 4.64. The highest BCUT2D eigenvalue weighted by Crippen LogP contribution is 2.40. The molecule has 4 rings (SSSR count). The van der Waals surface area contributed by atoms with Crippen LogP contribution in [-0.2, 0) is 0 Å². The molecule has 0 N–H and O–H groups in total. The molecule has 0 spiro atoms. The summed E-state index contributed by atoms with van der Waals surface area (Å²) in [5, 5.41) is 0. The minimum atomic E-state index is -2.89. The Balaban J connectivity index is 1.64.